The molecule has 25 heavy (non-hydrogen) atoms. The van der Waals surface area contributed by atoms with Crippen molar-refractivity contribution in [2.75, 3.05) is 46.4 Å². The van der Waals surface area contributed by atoms with E-state index in [1.807, 2.05) is 25.2 Å². The van der Waals surface area contributed by atoms with Gasteiger partial charge in [-0.3, -0.25) is 9.89 Å². The van der Waals surface area contributed by atoms with E-state index in [2.05, 4.69) is 33.1 Å². The van der Waals surface area contributed by atoms with Crippen molar-refractivity contribution in [1.29, 1.82) is 0 Å². The van der Waals surface area contributed by atoms with Crippen LogP contribution in [0, 0.1) is 6.92 Å². The smallest absolute Gasteiger partial charge is 0.193 e. The number of hydrogen-bond donors (Lipinski definition) is 1. The first-order valence-corrected chi connectivity index (χ1v) is 9.66. The van der Waals surface area contributed by atoms with Gasteiger partial charge in [-0.1, -0.05) is 18.2 Å². The van der Waals surface area contributed by atoms with Crippen LogP contribution in [0.25, 0.3) is 0 Å². The predicted octanol–water partition coefficient (Wildman–Crippen LogP) is 2.51. The predicted molar refractivity (Wildman–Crippen MR) is 103 cm³/mol. The molecule has 3 rings (SSSR count). The molecular weight excluding hydrogens is 312 g/mol. The average Bonchev–Trinajstić information content (AvgIpc) is 3.31. The standard InChI is InChI=1S/C20H32N4O/c1-17-8-3-4-9-19(17)25-15-7-11-22-20(21-2)24-14-10-18(16-24)23-12-5-6-13-23/h3-4,8-9,18H,5-7,10-16H2,1-2H3,(H,21,22). The highest BCUT2D eigenvalue weighted by molar-refractivity contribution is 5.80. The van der Waals surface area contributed by atoms with Crippen LogP contribution in [0.4, 0.5) is 0 Å². The van der Waals surface area contributed by atoms with Crippen molar-refractivity contribution in [2.45, 2.75) is 38.6 Å². The Morgan fingerprint density at radius 3 is 2.80 bits per heavy atom. The van der Waals surface area contributed by atoms with Crippen molar-refractivity contribution in [3.05, 3.63) is 29.8 Å². The summed E-state index contributed by atoms with van der Waals surface area (Å²) in [4.78, 5) is 9.54. The van der Waals surface area contributed by atoms with E-state index in [-0.39, 0.29) is 0 Å². The highest BCUT2D eigenvalue weighted by Crippen LogP contribution is 2.20. The van der Waals surface area contributed by atoms with Gasteiger partial charge in [0.1, 0.15) is 5.75 Å². The lowest BCUT2D eigenvalue weighted by molar-refractivity contribution is 0.249. The third-order valence-corrected chi connectivity index (χ3v) is 5.29. The van der Waals surface area contributed by atoms with Gasteiger partial charge in [0.05, 0.1) is 6.61 Å². The molecular formula is C20H32N4O. The maximum Gasteiger partial charge on any atom is 0.193 e. The maximum atomic E-state index is 5.86. The number of aliphatic imine (C=N–C) groups is 1. The van der Waals surface area contributed by atoms with Gasteiger partial charge in [0.15, 0.2) is 5.96 Å². The highest BCUT2D eigenvalue weighted by atomic mass is 16.5. The lowest BCUT2D eigenvalue weighted by Gasteiger charge is -2.25. The van der Waals surface area contributed by atoms with Gasteiger partial charge in [-0.2, -0.15) is 0 Å². The van der Waals surface area contributed by atoms with E-state index in [1.165, 1.54) is 37.9 Å². The molecule has 0 radical (unpaired) electrons. The highest BCUT2D eigenvalue weighted by Gasteiger charge is 2.30. The zero-order valence-corrected chi connectivity index (χ0v) is 15.7. The zero-order chi connectivity index (χ0) is 17.5. The number of ether oxygens (including phenoxy) is 1. The van der Waals surface area contributed by atoms with Gasteiger partial charge in [-0.15, -0.1) is 0 Å². The summed E-state index contributed by atoms with van der Waals surface area (Å²) < 4.78 is 5.86. The summed E-state index contributed by atoms with van der Waals surface area (Å²) >= 11 is 0. The number of nitrogens with zero attached hydrogens (tertiary/aromatic N) is 3. The fourth-order valence-electron chi connectivity index (χ4n) is 3.84. The second kappa shape index (κ2) is 9.09. The SMILES string of the molecule is CN=C(NCCCOc1ccccc1C)N1CCC(N2CCCC2)C1. The number of rotatable bonds is 6. The van der Waals surface area contributed by atoms with Crippen molar-refractivity contribution >= 4 is 5.96 Å². The minimum absolute atomic E-state index is 0.713. The quantitative estimate of drug-likeness (QED) is 0.489. The summed E-state index contributed by atoms with van der Waals surface area (Å²) in [6.45, 7) is 8.48. The van der Waals surface area contributed by atoms with Crippen molar-refractivity contribution in [3.63, 3.8) is 0 Å². The van der Waals surface area contributed by atoms with Gasteiger partial charge in [-0.25, -0.2) is 0 Å². The van der Waals surface area contributed by atoms with Gasteiger partial charge in [0, 0.05) is 32.7 Å². The van der Waals surface area contributed by atoms with E-state index < -0.39 is 0 Å². The van der Waals surface area contributed by atoms with E-state index in [0.29, 0.717) is 6.04 Å². The fourth-order valence-corrected chi connectivity index (χ4v) is 3.84. The van der Waals surface area contributed by atoms with Crippen molar-refractivity contribution in [3.8, 4) is 5.75 Å². The molecule has 5 nitrogen and oxygen atoms in total. The molecule has 138 valence electrons. The molecule has 0 aromatic heterocycles. The number of hydrogen-bond acceptors (Lipinski definition) is 3. The van der Waals surface area contributed by atoms with Crippen LogP contribution in [-0.2, 0) is 0 Å². The van der Waals surface area contributed by atoms with E-state index in [1.54, 1.807) is 0 Å². The largest absolute Gasteiger partial charge is 0.493 e. The second-order valence-electron chi connectivity index (χ2n) is 7.07. The number of likely N-dealkylation sites (tertiary alicyclic amines) is 2. The molecule has 1 unspecified atom stereocenters. The van der Waals surface area contributed by atoms with Gasteiger partial charge in [0.2, 0.25) is 0 Å². The Hall–Kier alpha value is -1.75. The normalized spacial score (nSPS) is 21.8. The number of aryl methyl sites for hydroxylation is 1. The summed E-state index contributed by atoms with van der Waals surface area (Å²) in [5, 5.41) is 3.50. The number of guanidine groups is 1. The summed E-state index contributed by atoms with van der Waals surface area (Å²) in [7, 11) is 1.88. The summed E-state index contributed by atoms with van der Waals surface area (Å²) in [6.07, 6.45) is 4.96. The van der Waals surface area contributed by atoms with Gasteiger partial charge in [0.25, 0.3) is 0 Å². The maximum absolute atomic E-state index is 5.86. The molecule has 0 bridgehead atoms. The summed E-state index contributed by atoms with van der Waals surface area (Å²) in [6, 6.07) is 8.89. The topological polar surface area (TPSA) is 40.1 Å². The molecule has 1 N–H and O–H groups in total. The molecule has 0 amide bonds. The molecule has 2 heterocycles. The van der Waals surface area contributed by atoms with Crippen molar-refractivity contribution in [1.82, 2.24) is 15.1 Å². The van der Waals surface area contributed by atoms with Crippen LogP contribution in [0.3, 0.4) is 0 Å². The average molecular weight is 345 g/mol. The van der Waals surface area contributed by atoms with Crippen LogP contribution < -0.4 is 10.1 Å². The van der Waals surface area contributed by atoms with E-state index >= 15 is 0 Å². The fraction of sp³-hybridized carbons (Fsp3) is 0.650. The van der Waals surface area contributed by atoms with Gasteiger partial charge in [-0.05, 0) is 57.3 Å². The molecule has 0 spiro atoms. The first-order valence-electron chi connectivity index (χ1n) is 9.66. The minimum atomic E-state index is 0.713. The Morgan fingerprint density at radius 2 is 2.04 bits per heavy atom. The van der Waals surface area contributed by atoms with Crippen molar-refractivity contribution < 1.29 is 4.74 Å². The third kappa shape index (κ3) is 4.88. The number of para-hydroxylation sites is 1. The van der Waals surface area contributed by atoms with Crippen molar-refractivity contribution in [2.24, 2.45) is 4.99 Å². The molecule has 0 aliphatic carbocycles. The molecule has 1 aromatic carbocycles. The van der Waals surface area contributed by atoms with Crippen LogP contribution in [-0.4, -0.2) is 68.2 Å². The Balaban J connectivity index is 1.36. The Bertz CT molecular complexity index is 569. The van der Waals surface area contributed by atoms with Crippen LogP contribution in [0.15, 0.2) is 29.3 Å². The molecule has 2 fully saturated rings. The molecule has 5 heteroatoms. The Labute approximate surface area is 152 Å². The van der Waals surface area contributed by atoms with E-state index in [4.69, 9.17) is 4.74 Å². The summed E-state index contributed by atoms with van der Waals surface area (Å²) in [5.74, 6) is 2.03. The Morgan fingerprint density at radius 1 is 1.24 bits per heavy atom. The molecule has 2 aliphatic heterocycles. The molecule has 2 saturated heterocycles. The van der Waals surface area contributed by atoms with Crippen LogP contribution in [0.1, 0.15) is 31.2 Å². The van der Waals surface area contributed by atoms with Crippen LogP contribution >= 0.6 is 0 Å². The van der Waals surface area contributed by atoms with Gasteiger partial charge >= 0.3 is 0 Å². The first-order chi connectivity index (χ1) is 12.3. The number of benzene rings is 1. The lowest BCUT2D eigenvalue weighted by atomic mass is 10.2. The molecule has 1 atom stereocenters. The molecule has 0 saturated carbocycles. The molecule has 1 aromatic rings. The summed E-state index contributed by atoms with van der Waals surface area (Å²) in [5.41, 5.74) is 1.19. The van der Waals surface area contributed by atoms with Gasteiger partial charge < -0.3 is 15.0 Å². The number of nitrogens with one attached hydrogen (secondary N) is 1. The van der Waals surface area contributed by atoms with Crippen LogP contribution in [0.2, 0.25) is 0 Å². The Kier molecular flexibility index (Phi) is 6.56. The first kappa shape index (κ1) is 18.1. The zero-order valence-electron chi connectivity index (χ0n) is 15.7. The minimum Gasteiger partial charge on any atom is -0.493 e. The third-order valence-electron chi connectivity index (χ3n) is 5.29. The van der Waals surface area contributed by atoms with E-state index in [9.17, 15) is 0 Å². The lowest BCUT2D eigenvalue weighted by Crippen LogP contribution is -2.43. The second-order valence-corrected chi connectivity index (χ2v) is 7.07. The monoisotopic (exact) mass is 344 g/mol. The molecule has 2 aliphatic rings. The van der Waals surface area contributed by atoms with Crippen LogP contribution in [0.5, 0.6) is 5.75 Å². The van der Waals surface area contributed by atoms with E-state index in [0.717, 1.165) is 44.4 Å².